The summed E-state index contributed by atoms with van der Waals surface area (Å²) in [5.41, 5.74) is 2.99. The second-order valence-corrected chi connectivity index (χ2v) is 8.06. The van der Waals surface area contributed by atoms with E-state index in [9.17, 15) is 4.79 Å². The number of fused-ring (bicyclic) bond motifs is 1. The number of imidazole rings is 1. The van der Waals surface area contributed by atoms with Crippen molar-refractivity contribution < 1.29 is 9.53 Å². The number of aromatic nitrogens is 3. The lowest BCUT2D eigenvalue weighted by molar-refractivity contribution is 0.0601. The van der Waals surface area contributed by atoms with Crippen LogP contribution in [0.4, 0.5) is 5.82 Å². The average molecular weight is 408 g/mol. The molecule has 0 bridgehead atoms. The number of hydrogen-bond acceptors (Lipinski definition) is 6. The molecule has 2 aromatic heterocycles. The lowest BCUT2D eigenvalue weighted by Crippen LogP contribution is -2.30. The summed E-state index contributed by atoms with van der Waals surface area (Å²) in [7, 11) is 3.58. The molecule has 1 saturated heterocycles. The maximum atomic E-state index is 11.7. The number of likely N-dealkylation sites (tertiary alicyclic amines) is 1. The monoisotopic (exact) mass is 407 g/mol. The highest BCUT2D eigenvalue weighted by Gasteiger charge is 2.16. The van der Waals surface area contributed by atoms with Crippen LogP contribution in [0.3, 0.4) is 0 Å². The zero-order valence-electron chi connectivity index (χ0n) is 17.6. The number of nitrogens with one attached hydrogen (secondary N) is 2. The predicted molar refractivity (Wildman–Crippen MR) is 119 cm³/mol. The molecule has 1 aliphatic rings. The second kappa shape index (κ2) is 9.26. The fraction of sp³-hybridized carbons (Fsp3) is 0.435. The van der Waals surface area contributed by atoms with Crippen LogP contribution in [-0.4, -0.2) is 59.6 Å². The molecule has 0 radical (unpaired) electrons. The van der Waals surface area contributed by atoms with Crippen LogP contribution < -0.4 is 5.32 Å². The minimum Gasteiger partial charge on any atom is -0.465 e. The highest BCUT2D eigenvalue weighted by atomic mass is 16.5. The Labute approximate surface area is 176 Å². The molecule has 1 aliphatic heterocycles. The maximum Gasteiger partial charge on any atom is 0.337 e. The number of anilines is 1. The van der Waals surface area contributed by atoms with Gasteiger partial charge in [-0.1, -0.05) is 0 Å². The van der Waals surface area contributed by atoms with E-state index in [0.29, 0.717) is 5.56 Å². The van der Waals surface area contributed by atoms with Crippen molar-refractivity contribution in [3.05, 3.63) is 42.1 Å². The Morgan fingerprint density at radius 3 is 2.83 bits per heavy atom. The standard InChI is InChI=1S/C23H29N5O2/c1-28-12-9-16(10-13-28)4-3-11-24-21-8-6-18(15-25-21)22-26-19-7-5-17(23(29)30-2)14-20(19)27-22/h5-8,14-16H,3-4,9-13H2,1-2H3,(H,24,25)(H,26,27). The number of pyridine rings is 1. The number of aromatic amines is 1. The van der Waals surface area contributed by atoms with Crippen molar-refractivity contribution in [1.29, 1.82) is 0 Å². The van der Waals surface area contributed by atoms with Gasteiger partial charge in [-0.25, -0.2) is 14.8 Å². The van der Waals surface area contributed by atoms with Gasteiger partial charge in [0.05, 0.1) is 23.7 Å². The summed E-state index contributed by atoms with van der Waals surface area (Å²) >= 11 is 0. The normalized spacial score (nSPS) is 15.4. The molecule has 3 heterocycles. The highest BCUT2D eigenvalue weighted by molar-refractivity contribution is 5.94. The summed E-state index contributed by atoms with van der Waals surface area (Å²) in [6, 6.07) is 9.29. The maximum absolute atomic E-state index is 11.7. The van der Waals surface area contributed by atoms with Crippen LogP contribution in [0.5, 0.6) is 0 Å². The van der Waals surface area contributed by atoms with Gasteiger partial charge in [0.15, 0.2) is 0 Å². The number of methoxy groups -OCH3 is 1. The Balaban J connectivity index is 1.32. The van der Waals surface area contributed by atoms with Gasteiger partial charge in [-0.15, -0.1) is 0 Å². The van der Waals surface area contributed by atoms with E-state index in [1.54, 1.807) is 12.1 Å². The molecule has 0 spiro atoms. The van der Waals surface area contributed by atoms with Gasteiger partial charge in [-0.3, -0.25) is 0 Å². The zero-order chi connectivity index (χ0) is 20.9. The lowest BCUT2D eigenvalue weighted by Gasteiger charge is -2.28. The molecule has 158 valence electrons. The molecule has 2 N–H and O–H groups in total. The molecule has 0 aliphatic carbocycles. The molecule has 0 amide bonds. The fourth-order valence-electron chi connectivity index (χ4n) is 3.98. The molecule has 3 aromatic rings. The Bertz CT molecular complexity index is 991. The minimum atomic E-state index is -0.366. The molecular formula is C23H29N5O2. The first kappa shape index (κ1) is 20.3. The molecule has 1 fully saturated rings. The van der Waals surface area contributed by atoms with Gasteiger partial charge < -0.3 is 19.9 Å². The predicted octanol–water partition coefficient (Wildman–Crippen LogP) is 3.95. The van der Waals surface area contributed by atoms with Crippen molar-refractivity contribution in [2.75, 3.05) is 39.1 Å². The number of H-pyrrole nitrogens is 1. The van der Waals surface area contributed by atoms with E-state index < -0.39 is 0 Å². The molecule has 0 unspecified atom stereocenters. The van der Waals surface area contributed by atoms with E-state index in [0.717, 1.165) is 40.7 Å². The van der Waals surface area contributed by atoms with E-state index in [4.69, 9.17) is 4.74 Å². The SMILES string of the molecule is COC(=O)c1ccc2[nH]c(-c3ccc(NCCCC4CCN(C)CC4)nc3)nc2c1. The lowest BCUT2D eigenvalue weighted by atomic mass is 9.92. The Morgan fingerprint density at radius 1 is 1.27 bits per heavy atom. The van der Waals surface area contributed by atoms with Crippen molar-refractivity contribution in [1.82, 2.24) is 19.9 Å². The second-order valence-electron chi connectivity index (χ2n) is 8.06. The number of piperidine rings is 1. The largest absolute Gasteiger partial charge is 0.465 e. The first-order valence-corrected chi connectivity index (χ1v) is 10.6. The van der Waals surface area contributed by atoms with Gasteiger partial charge in [0.25, 0.3) is 0 Å². The topological polar surface area (TPSA) is 83.1 Å². The van der Waals surface area contributed by atoms with Crippen LogP contribution in [0.25, 0.3) is 22.4 Å². The van der Waals surface area contributed by atoms with E-state index in [-0.39, 0.29) is 5.97 Å². The van der Waals surface area contributed by atoms with Crippen molar-refractivity contribution in [3.63, 3.8) is 0 Å². The van der Waals surface area contributed by atoms with Gasteiger partial charge in [-0.2, -0.15) is 0 Å². The number of esters is 1. The Hall–Kier alpha value is -2.93. The number of rotatable bonds is 7. The molecular weight excluding hydrogens is 378 g/mol. The summed E-state index contributed by atoms with van der Waals surface area (Å²) in [5.74, 6) is 2.11. The Kier molecular flexibility index (Phi) is 6.28. The molecule has 4 rings (SSSR count). The number of benzene rings is 1. The van der Waals surface area contributed by atoms with Gasteiger partial charge in [-0.05, 0) is 82.1 Å². The average Bonchev–Trinajstić information content (AvgIpc) is 3.21. The molecule has 7 nitrogen and oxygen atoms in total. The highest BCUT2D eigenvalue weighted by Crippen LogP contribution is 2.23. The Morgan fingerprint density at radius 2 is 2.10 bits per heavy atom. The van der Waals surface area contributed by atoms with Crippen molar-refractivity contribution in [3.8, 4) is 11.4 Å². The number of hydrogen-bond donors (Lipinski definition) is 2. The first-order valence-electron chi connectivity index (χ1n) is 10.6. The van der Waals surface area contributed by atoms with E-state index in [2.05, 4.69) is 32.2 Å². The van der Waals surface area contributed by atoms with Crippen molar-refractivity contribution in [2.45, 2.75) is 25.7 Å². The van der Waals surface area contributed by atoms with Crippen LogP contribution >= 0.6 is 0 Å². The van der Waals surface area contributed by atoms with Crippen molar-refractivity contribution in [2.24, 2.45) is 5.92 Å². The summed E-state index contributed by atoms with van der Waals surface area (Å²) < 4.78 is 4.77. The minimum absolute atomic E-state index is 0.366. The third-order valence-corrected chi connectivity index (χ3v) is 5.87. The van der Waals surface area contributed by atoms with E-state index >= 15 is 0 Å². The number of carbonyl (C=O) groups is 1. The van der Waals surface area contributed by atoms with Gasteiger partial charge in [0.2, 0.25) is 0 Å². The molecule has 0 saturated carbocycles. The van der Waals surface area contributed by atoms with Gasteiger partial charge in [0, 0.05) is 18.3 Å². The molecule has 1 aromatic carbocycles. The smallest absolute Gasteiger partial charge is 0.337 e. The van der Waals surface area contributed by atoms with Crippen LogP contribution in [0.2, 0.25) is 0 Å². The number of nitrogens with zero attached hydrogens (tertiary/aromatic N) is 3. The quantitative estimate of drug-likeness (QED) is 0.456. The molecule has 7 heteroatoms. The van der Waals surface area contributed by atoms with E-state index in [1.807, 2.05) is 24.4 Å². The molecule has 0 atom stereocenters. The summed E-state index contributed by atoms with van der Waals surface area (Å²) in [5, 5.41) is 3.42. The third kappa shape index (κ3) is 4.79. The first-order chi connectivity index (χ1) is 14.6. The van der Waals surface area contributed by atoms with Crippen LogP contribution in [0.1, 0.15) is 36.0 Å². The summed E-state index contributed by atoms with van der Waals surface area (Å²) in [4.78, 5) is 26.5. The van der Waals surface area contributed by atoms with Gasteiger partial charge >= 0.3 is 5.97 Å². The summed E-state index contributed by atoms with van der Waals surface area (Å²) in [6.07, 6.45) is 6.91. The van der Waals surface area contributed by atoms with Crippen LogP contribution in [-0.2, 0) is 4.74 Å². The van der Waals surface area contributed by atoms with Gasteiger partial charge in [0.1, 0.15) is 11.6 Å². The third-order valence-electron chi connectivity index (χ3n) is 5.87. The van der Waals surface area contributed by atoms with Crippen LogP contribution in [0.15, 0.2) is 36.5 Å². The fourth-order valence-corrected chi connectivity index (χ4v) is 3.98. The number of ether oxygens (including phenoxy) is 1. The number of carbonyl (C=O) groups excluding carboxylic acids is 1. The summed E-state index contributed by atoms with van der Waals surface area (Å²) in [6.45, 7) is 3.40. The zero-order valence-corrected chi connectivity index (χ0v) is 17.6. The van der Waals surface area contributed by atoms with Crippen LogP contribution in [0, 0.1) is 5.92 Å². The molecule has 30 heavy (non-hydrogen) atoms. The van der Waals surface area contributed by atoms with Crippen molar-refractivity contribution >= 4 is 22.8 Å². The van der Waals surface area contributed by atoms with E-state index in [1.165, 1.54) is 45.9 Å².